The number of halogens is 2. The quantitative estimate of drug-likeness (QED) is 0.765. The molecule has 0 radical (unpaired) electrons. The van der Waals surface area contributed by atoms with Crippen LogP contribution in [-0.4, -0.2) is 30.9 Å². The molecular formula is C11H15Br2NO. The maximum absolute atomic E-state index is 5.32. The van der Waals surface area contributed by atoms with Gasteiger partial charge in [-0.3, -0.25) is 0 Å². The Bertz CT molecular complexity index is 317. The SMILES string of the molecule is COc1ccc(Br)cc1CN(C)CCBr. The molecule has 1 rings (SSSR count). The Labute approximate surface area is 108 Å². The van der Waals surface area contributed by atoms with Gasteiger partial charge in [0.2, 0.25) is 0 Å². The van der Waals surface area contributed by atoms with Crippen molar-refractivity contribution in [1.82, 2.24) is 4.90 Å². The van der Waals surface area contributed by atoms with Crippen LogP contribution in [0.2, 0.25) is 0 Å². The third-order valence-electron chi connectivity index (χ3n) is 2.15. The molecule has 0 amide bonds. The van der Waals surface area contributed by atoms with Gasteiger partial charge in [-0.05, 0) is 25.2 Å². The second-order valence-electron chi connectivity index (χ2n) is 3.38. The zero-order valence-corrected chi connectivity index (χ0v) is 12.1. The van der Waals surface area contributed by atoms with Crippen LogP contribution in [-0.2, 0) is 6.54 Å². The van der Waals surface area contributed by atoms with Crippen LogP contribution in [0.25, 0.3) is 0 Å². The molecule has 0 saturated carbocycles. The summed E-state index contributed by atoms with van der Waals surface area (Å²) in [4.78, 5) is 2.25. The number of benzene rings is 1. The van der Waals surface area contributed by atoms with Crippen LogP contribution in [0.3, 0.4) is 0 Å². The van der Waals surface area contributed by atoms with E-state index in [4.69, 9.17) is 4.74 Å². The summed E-state index contributed by atoms with van der Waals surface area (Å²) in [7, 11) is 3.80. The minimum absolute atomic E-state index is 0.897. The first-order valence-electron chi connectivity index (χ1n) is 4.74. The standard InChI is InChI=1S/C11H15Br2NO/c1-14(6-5-12)8-9-7-10(13)3-4-11(9)15-2/h3-4,7H,5-6,8H2,1-2H3. The third-order valence-corrected chi connectivity index (χ3v) is 3.00. The highest BCUT2D eigenvalue weighted by atomic mass is 79.9. The lowest BCUT2D eigenvalue weighted by molar-refractivity contribution is 0.336. The first kappa shape index (κ1) is 13.0. The van der Waals surface area contributed by atoms with Crippen LogP contribution < -0.4 is 4.74 Å². The van der Waals surface area contributed by atoms with Gasteiger partial charge in [0.1, 0.15) is 5.75 Å². The predicted octanol–water partition coefficient (Wildman–Crippen LogP) is 3.28. The monoisotopic (exact) mass is 335 g/mol. The molecule has 0 N–H and O–H groups in total. The van der Waals surface area contributed by atoms with E-state index in [0.29, 0.717) is 0 Å². The van der Waals surface area contributed by atoms with Crippen molar-refractivity contribution < 1.29 is 4.74 Å². The molecule has 4 heteroatoms. The molecule has 0 spiro atoms. The van der Waals surface area contributed by atoms with Crippen molar-refractivity contribution >= 4 is 31.9 Å². The Morgan fingerprint density at radius 1 is 1.40 bits per heavy atom. The molecule has 84 valence electrons. The lowest BCUT2D eigenvalue weighted by atomic mass is 10.2. The van der Waals surface area contributed by atoms with Crippen LogP contribution >= 0.6 is 31.9 Å². The number of hydrogen-bond donors (Lipinski definition) is 0. The topological polar surface area (TPSA) is 12.5 Å². The molecule has 0 atom stereocenters. The van der Waals surface area contributed by atoms with Crippen molar-refractivity contribution in [3.8, 4) is 5.75 Å². The van der Waals surface area contributed by atoms with E-state index in [1.807, 2.05) is 12.1 Å². The van der Waals surface area contributed by atoms with Crippen LogP contribution in [0.4, 0.5) is 0 Å². The summed E-state index contributed by atoms with van der Waals surface area (Å²) in [6.45, 7) is 1.92. The minimum atomic E-state index is 0.897. The fraction of sp³-hybridized carbons (Fsp3) is 0.455. The Morgan fingerprint density at radius 2 is 2.13 bits per heavy atom. The van der Waals surface area contributed by atoms with E-state index in [0.717, 1.165) is 28.6 Å². The van der Waals surface area contributed by atoms with Gasteiger partial charge in [-0.2, -0.15) is 0 Å². The molecule has 0 aromatic heterocycles. The number of ether oxygens (including phenoxy) is 1. The molecule has 2 nitrogen and oxygen atoms in total. The summed E-state index contributed by atoms with van der Waals surface area (Å²) in [6.07, 6.45) is 0. The van der Waals surface area contributed by atoms with Crippen molar-refractivity contribution in [2.45, 2.75) is 6.54 Å². The van der Waals surface area contributed by atoms with E-state index >= 15 is 0 Å². The third kappa shape index (κ3) is 4.13. The molecule has 0 aliphatic rings. The maximum atomic E-state index is 5.32. The van der Waals surface area contributed by atoms with Gasteiger partial charge >= 0.3 is 0 Å². The summed E-state index contributed by atoms with van der Waals surface area (Å²) in [5.74, 6) is 0.944. The number of methoxy groups -OCH3 is 1. The summed E-state index contributed by atoms with van der Waals surface area (Å²) in [6, 6.07) is 6.08. The maximum Gasteiger partial charge on any atom is 0.123 e. The van der Waals surface area contributed by atoms with Crippen LogP contribution in [0.15, 0.2) is 22.7 Å². The molecular weight excluding hydrogens is 322 g/mol. The first-order valence-corrected chi connectivity index (χ1v) is 6.65. The highest BCUT2D eigenvalue weighted by molar-refractivity contribution is 9.10. The van der Waals surface area contributed by atoms with Crippen LogP contribution in [0, 0.1) is 0 Å². The van der Waals surface area contributed by atoms with Gasteiger partial charge in [-0.15, -0.1) is 0 Å². The Kier molecular flexibility index (Phi) is 5.64. The Hall–Kier alpha value is -0.0600. The number of alkyl halides is 1. The van der Waals surface area contributed by atoms with Crippen molar-refractivity contribution in [3.63, 3.8) is 0 Å². The number of hydrogen-bond acceptors (Lipinski definition) is 2. The van der Waals surface area contributed by atoms with Crippen molar-refractivity contribution in [1.29, 1.82) is 0 Å². The summed E-state index contributed by atoms with van der Waals surface area (Å²) in [5, 5.41) is 0.986. The van der Waals surface area contributed by atoms with E-state index in [1.165, 1.54) is 5.56 Å². The van der Waals surface area contributed by atoms with Gasteiger partial charge < -0.3 is 9.64 Å². The smallest absolute Gasteiger partial charge is 0.123 e. The average Bonchev–Trinajstić information content (AvgIpc) is 2.18. The minimum Gasteiger partial charge on any atom is -0.496 e. The molecule has 0 saturated heterocycles. The lowest BCUT2D eigenvalue weighted by Crippen LogP contribution is -2.20. The van der Waals surface area contributed by atoms with Crippen LogP contribution in [0.5, 0.6) is 5.75 Å². The molecule has 1 aromatic rings. The molecule has 0 fully saturated rings. The lowest BCUT2D eigenvalue weighted by Gasteiger charge is -2.17. The van der Waals surface area contributed by atoms with E-state index in [-0.39, 0.29) is 0 Å². The van der Waals surface area contributed by atoms with Crippen molar-refractivity contribution in [2.24, 2.45) is 0 Å². The molecule has 0 aliphatic carbocycles. The van der Waals surface area contributed by atoms with Crippen LogP contribution in [0.1, 0.15) is 5.56 Å². The van der Waals surface area contributed by atoms with E-state index < -0.39 is 0 Å². The molecule has 15 heavy (non-hydrogen) atoms. The van der Waals surface area contributed by atoms with E-state index in [1.54, 1.807) is 7.11 Å². The molecule has 0 bridgehead atoms. The first-order chi connectivity index (χ1) is 7.17. The fourth-order valence-electron chi connectivity index (χ4n) is 1.38. The van der Waals surface area contributed by atoms with Gasteiger partial charge in [0.25, 0.3) is 0 Å². The zero-order chi connectivity index (χ0) is 11.3. The second-order valence-corrected chi connectivity index (χ2v) is 5.09. The summed E-state index contributed by atoms with van der Waals surface area (Å²) >= 11 is 6.90. The molecule has 0 heterocycles. The number of rotatable bonds is 5. The zero-order valence-electron chi connectivity index (χ0n) is 8.96. The molecule has 1 aromatic carbocycles. The fourth-order valence-corrected chi connectivity index (χ4v) is 2.40. The van der Waals surface area contributed by atoms with Crippen molar-refractivity contribution in [2.75, 3.05) is 26.0 Å². The van der Waals surface area contributed by atoms with E-state index in [2.05, 4.69) is 49.9 Å². The summed E-state index contributed by atoms with van der Waals surface area (Å²) in [5.41, 5.74) is 1.20. The largest absolute Gasteiger partial charge is 0.496 e. The predicted molar refractivity (Wildman–Crippen MR) is 70.8 cm³/mol. The normalized spacial score (nSPS) is 10.7. The highest BCUT2D eigenvalue weighted by Gasteiger charge is 2.06. The van der Waals surface area contributed by atoms with E-state index in [9.17, 15) is 0 Å². The summed E-state index contributed by atoms with van der Waals surface area (Å²) < 4.78 is 6.41. The Morgan fingerprint density at radius 3 is 2.73 bits per heavy atom. The highest BCUT2D eigenvalue weighted by Crippen LogP contribution is 2.23. The van der Waals surface area contributed by atoms with Gasteiger partial charge in [0.15, 0.2) is 0 Å². The Balaban J connectivity index is 2.77. The molecule has 0 unspecified atom stereocenters. The van der Waals surface area contributed by atoms with Gasteiger partial charge in [0.05, 0.1) is 7.11 Å². The number of nitrogens with zero attached hydrogens (tertiary/aromatic N) is 1. The van der Waals surface area contributed by atoms with Gasteiger partial charge in [-0.1, -0.05) is 31.9 Å². The molecule has 0 aliphatic heterocycles. The average molecular weight is 337 g/mol. The van der Waals surface area contributed by atoms with Crippen molar-refractivity contribution in [3.05, 3.63) is 28.2 Å². The second kappa shape index (κ2) is 6.51. The van der Waals surface area contributed by atoms with Gasteiger partial charge in [-0.25, -0.2) is 0 Å². The van der Waals surface area contributed by atoms with Gasteiger partial charge in [0, 0.05) is 28.5 Å².